The predicted molar refractivity (Wildman–Crippen MR) is 81.8 cm³/mol. The van der Waals surface area contributed by atoms with Gasteiger partial charge in [0.2, 0.25) is 11.8 Å². The molecule has 1 fully saturated rings. The standard InChI is InChI=1S/C15H29N3O3/c1-2-9-17-15(20)13-12-21-11-10-18(13)14(19)7-5-3-4-6-8-16/h13H,2-12,16H2,1H3,(H,17,20). The Balaban J connectivity index is 2.40. The maximum absolute atomic E-state index is 12.3. The molecule has 1 saturated heterocycles. The van der Waals surface area contributed by atoms with E-state index in [9.17, 15) is 9.59 Å². The fourth-order valence-corrected chi connectivity index (χ4v) is 2.40. The minimum Gasteiger partial charge on any atom is -0.377 e. The van der Waals surface area contributed by atoms with Crippen molar-refractivity contribution >= 4 is 11.8 Å². The Hall–Kier alpha value is -1.14. The van der Waals surface area contributed by atoms with E-state index in [-0.39, 0.29) is 11.8 Å². The van der Waals surface area contributed by atoms with Crippen LogP contribution in [0.15, 0.2) is 0 Å². The van der Waals surface area contributed by atoms with Crippen LogP contribution < -0.4 is 11.1 Å². The summed E-state index contributed by atoms with van der Waals surface area (Å²) in [4.78, 5) is 26.1. The zero-order valence-electron chi connectivity index (χ0n) is 13.1. The molecule has 3 N–H and O–H groups in total. The molecule has 0 aliphatic carbocycles. The van der Waals surface area contributed by atoms with Crippen LogP contribution in [-0.2, 0) is 14.3 Å². The highest BCUT2D eigenvalue weighted by molar-refractivity contribution is 5.88. The van der Waals surface area contributed by atoms with Gasteiger partial charge in [0.15, 0.2) is 0 Å². The maximum atomic E-state index is 12.3. The van der Waals surface area contributed by atoms with Gasteiger partial charge in [0, 0.05) is 19.5 Å². The summed E-state index contributed by atoms with van der Waals surface area (Å²) in [5, 5.41) is 2.84. The highest BCUT2D eigenvalue weighted by Gasteiger charge is 2.32. The zero-order chi connectivity index (χ0) is 15.5. The SMILES string of the molecule is CCCNC(=O)C1COCCN1C(=O)CCCCCCN. The van der Waals surface area contributed by atoms with Gasteiger partial charge in [0.1, 0.15) is 6.04 Å². The molecule has 0 saturated carbocycles. The fraction of sp³-hybridized carbons (Fsp3) is 0.867. The second-order valence-corrected chi connectivity index (χ2v) is 5.42. The molecule has 122 valence electrons. The van der Waals surface area contributed by atoms with E-state index in [0.29, 0.717) is 39.3 Å². The third-order valence-corrected chi connectivity index (χ3v) is 3.65. The van der Waals surface area contributed by atoms with Gasteiger partial charge in [-0.25, -0.2) is 0 Å². The van der Waals surface area contributed by atoms with E-state index in [0.717, 1.165) is 32.1 Å². The minimum absolute atomic E-state index is 0.0581. The summed E-state index contributed by atoms with van der Waals surface area (Å²) >= 11 is 0. The lowest BCUT2D eigenvalue weighted by molar-refractivity contribution is -0.148. The second-order valence-electron chi connectivity index (χ2n) is 5.42. The minimum atomic E-state index is -0.471. The van der Waals surface area contributed by atoms with Crippen LogP contribution in [0.5, 0.6) is 0 Å². The number of unbranched alkanes of at least 4 members (excludes halogenated alkanes) is 3. The van der Waals surface area contributed by atoms with E-state index >= 15 is 0 Å². The number of carbonyl (C=O) groups is 2. The van der Waals surface area contributed by atoms with Gasteiger partial charge in [-0.05, 0) is 25.8 Å². The smallest absolute Gasteiger partial charge is 0.245 e. The van der Waals surface area contributed by atoms with E-state index in [1.807, 2.05) is 6.92 Å². The number of amides is 2. The van der Waals surface area contributed by atoms with Crippen LogP contribution >= 0.6 is 0 Å². The van der Waals surface area contributed by atoms with Crippen LogP contribution in [0.4, 0.5) is 0 Å². The van der Waals surface area contributed by atoms with Gasteiger partial charge in [0.05, 0.1) is 13.2 Å². The van der Waals surface area contributed by atoms with Gasteiger partial charge in [-0.2, -0.15) is 0 Å². The predicted octanol–water partition coefficient (Wildman–Crippen LogP) is 0.649. The van der Waals surface area contributed by atoms with Crippen molar-refractivity contribution in [1.82, 2.24) is 10.2 Å². The molecule has 1 rings (SSSR count). The Morgan fingerprint density at radius 3 is 2.76 bits per heavy atom. The molecule has 2 amide bonds. The molecule has 0 spiro atoms. The number of nitrogens with one attached hydrogen (secondary N) is 1. The Labute approximate surface area is 127 Å². The summed E-state index contributed by atoms with van der Waals surface area (Å²) in [6, 6.07) is -0.471. The van der Waals surface area contributed by atoms with Crippen LogP contribution in [0.25, 0.3) is 0 Å². The van der Waals surface area contributed by atoms with Crippen molar-refractivity contribution in [3.8, 4) is 0 Å². The van der Waals surface area contributed by atoms with Crippen molar-refractivity contribution in [2.75, 3.05) is 32.8 Å². The topological polar surface area (TPSA) is 84.7 Å². The van der Waals surface area contributed by atoms with Crippen LogP contribution in [0.1, 0.15) is 45.4 Å². The number of ether oxygens (including phenoxy) is 1. The average Bonchev–Trinajstić information content (AvgIpc) is 2.52. The zero-order valence-corrected chi connectivity index (χ0v) is 13.1. The molecule has 1 aliphatic heterocycles. The monoisotopic (exact) mass is 299 g/mol. The lowest BCUT2D eigenvalue weighted by atomic mass is 10.1. The summed E-state index contributed by atoms with van der Waals surface area (Å²) < 4.78 is 5.35. The number of morpholine rings is 1. The van der Waals surface area contributed by atoms with Crippen molar-refractivity contribution in [2.45, 2.75) is 51.5 Å². The molecular formula is C15H29N3O3. The summed E-state index contributed by atoms with van der Waals surface area (Å²) in [6.07, 6.45) is 5.33. The van der Waals surface area contributed by atoms with Gasteiger partial charge in [-0.15, -0.1) is 0 Å². The number of hydrogen-bond acceptors (Lipinski definition) is 4. The van der Waals surface area contributed by atoms with Gasteiger partial charge >= 0.3 is 0 Å². The Bertz CT molecular complexity index is 323. The van der Waals surface area contributed by atoms with Crippen molar-refractivity contribution in [3.05, 3.63) is 0 Å². The Morgan fingerprint density at radius 1 is 1.29 bits per heavy atom. The lowest BCUT2D eigenvalue weighted by Gasteiger charge is -2.34. The molecular weight excluding hydrogens is 270 g/mol. The third-order valence-electron chi connectivity index (χ3n) is 3.65. The van der Waals surface area contributed by atoms with Crippen molar-refractivity contribution < 1.29 is 14.3 Å². The normalized spacial score (nSPS) is 18.6. The lowest BCUT2D eigenvalue weighted by Crippen LogP contribution is -2.55. The van der Waals surface area contributed by atoms with Gasteiger partial charge in [0.25, 0.3) is 0 Å². The van der Waals surface area contributed by atoms with E-state index in [1.54, 1.807) is 4.90 Å². The van der Waals surface area contributed by atoms with Gasteiger partial charge < -0.3 is 20.7 Å². The first-order valence-corrected chi connectivity index (χ1v) is 8.05. The molecule has 21 heavy (non-hydrogen) atoms. The molecule has 0 bridgehead atoms. The number of rotatable bonds is 9. The second kappa shape index (κ2) is 10.6. The van der Waals surface area contributed by atoms with Crippen LogP contribution in [0, 0.1) is 0 Å². The first-order chi connectivity index (χ1) is 10.2. The Morgan fingerprint density at radius 2 is 2.05 bits per heavy atom. The number of nitrogens with zero attached hydrogens (tertiary/aromatic N) is 1. The molecule has 0 aromatic carbocycles. The van der Waals surface area contributed by atoms with Gasteiger partial charge in [-0.3, -0.25) is 9.59 Å². The first kappa shape index (κ1) is 17.9. The largest absolute Gasteiger partial charge is 0.377 e. The van der Waals surface area contributed by atoms with Crippen molar-refractivity contribution in [2.24, 2.45) is 5.73 Å². The summed E-state index contributed by atoms with van der Waals surface area (Å²) in [5.74, 6) is -0.0456. The highest BCUT2D eigenvalue weighted by Crippen LogP contribution is 2.12. The molecule has 0 aromatic rings. The molecule has 0 aromatic heterocycles. The van der Waals surface area contributed by atoms with Crippen LogP contribution in [0.3, 0.4) is 0 Å². The Kier molecular flexibility index (Phi) is 9.01. The molecule has 0 radical (unpaired) electrons. The molecule has 1 unspecified atom stereocenters. The van der Waals surface area contributed by atoms with Gasteiger partial charge in [-0.1, -0.05) is 19.8 Å². The molecule has 1 atom stereocenters. The van der Waals surface area contributed by atoms with E-state index in [1.165, 1.54) is 0 Å². The summed E-state index contributed by atoms with van der Waals surface area (Å²) in [7, 11) is 0. The molecule has 1 aliphatic rings. The average molecular weight is 299 g/mol. The maximum Gasteiger partial charge on any atom is 0.245 e. The van der Waals surface area contributed by atoms with E-state index in [4.69, 9.17) is 10.5 Å². The van der Waals surface area contributed by atoms with Crippen molar-refractivity contribution in [1.29, 1.82) is 0 Å². The molecule has 1 heterocycles. The molecule has 6 heteroatoms. The summed E-state index contributed by atoms with van der Waals surface area (Å²) in [5.41, 5.74) is 5.45. The fourth-order valence-electron chi connectivity index (χ4n) is 2.40. The molecule has 6 nitrogen and oxygen atoms in total. The third kappa shape index (κ3) is 6.44. The number of carbonyl (C=O) groups excluding carboxylic acids is 2. The number of hydrogen-bond donors (Lipinski definition) is 2. The van der Waals surface area contributed by atoms with Crippen LogP contribution in [-0.4, -0.2) is 55.6 Å². The highest BCUT2D eigenvalue weighted by atomic mass is 16.5. The van der Waals surface area contributed by atoms with E-state index < -0.39 is 6.04 Å². The first-order valence-electron chi connectivity index (χ1n) is 8.05. The quantitative estimate of drug-likeness (QED) is 0.612. The number of nitrogens with two attached hydrogens (primary N) is 1. The van der Waals surface area contributed by atoms with E-state index in [2.05, 4.69) is 5.32 Å². The summed E-state index contributed by atoms with van der Waals surface area (Å²) in [6.45, 7) is 4.66. The van der Waals surface area contributed by atoms with Crippen molar-refractivity contribution in [3.63, 3.8) is 0 Å². The van der Waals surface area contributed by atoms with Crippen LogP contribution in [0.2, 0.25) is 0 Å².